The van der Waals surface area contributed by atoms with Gasteiger partial charge in [-0.25, -0.2) is 0 Å². The van der Waals surface area contributed by atoms with Gasteiger partial charge in [-0.15, -0.1) is 0 Å². The van der Waals surface area contributed by atoms with Crippen LogP contribution in [0.5, 0.6) is 0 Å². The molecule has 0 radical (unpaired) electrons. The van der Waals surface area contributed by atoms with E-state index in [1.54, 1.807) is 0 Å². The molecule has 1 N–H and O–H groups in total. The summed E-state index contributed by atoms with van der Waals surface area (Å²) in [6, 6.07) is 0. The molecule has 0 aromatic rings. The molecule has 1 aliphatic rings. The number of hydrogen-bond acceptors (Lipinski definition) is 2. The predicted octanol–water partition coefficient (Wildman–Crippen LogP) is -0.418. The fourth-order valence-corrected chi connectivity index (χ4v) is 0.825. The summed E-state index contributed by atoms with van der Waals surface area (Å²) in [6.07, 6.45) is 0. The summed E-state index contributed by atoms with van der Waals surface area (Å²) >= 11 is 1.33. The van der Waals surface area contributed by atoms with Crippen LogP contribution in [0.3, 0.4) is 0 Å². The second-order valence-electron chi connectivity index (χ2n) is 1.64. The number of rotatable bonds is 0. The standard InChI is InChI=1S/C3H5O.CH4O.Na/c1-2-4-3-1;1-2;/h1H,2-3H2;2H,1H3;. The van der Waals surface area contributed by atoms with Gasteiger partial charge in [0.05, 0.1) is 0 Å². The average molecular weight is 112 g/mol. The Morgan fingerprint density at radius 3 is 1.86 bits per heavy atom. The van der Waals surface area contributed by atoms with E-state index in [2.05, 4.69) is 0 Å². The average Bonchev–Trinajstić information content (AvgIpc) is 1.68. The first kappa shape index (κ1) is 7.92. The third-order valence-electron chi connectivity index (χ3n) is 0.805. The van der Waals surface area contributed by atoms with Crippen LogP contribution in [0.15, 0.2) is 0 Å². The Morgan fingerprint density at radius 1 is 1.57 bits per heavy atom. The summed E-state index contributed by atoms with van der Waals surface area (Å²) in [5, 5.41) is 7.00. The molecule has 7 heavy (non-hydrogen) atoms. The number of ether oxygens (including phenoxy) is 1. The van der Waals surface area contributed by atoms with E-state index in [4.69, 9.17) is 9.84 Å². The van der Waals surface area contributed by atoms with E-state index in [1.165, 1.54) is 27.9 Å². The molecule has 0 atom stereocenters. The molecule has 1 aliphatic heterocycles. The molecule has 0 saturated carbocycles. The molecule has 0 amide bonds. The van der Waals surface area contributed by atoms with Gasteiger partial charge in [-0.3, -0.25) is 0 Å². The van der Waals surface area contributed by atoms with Crippen LogP contribution in [0.1, 0.15) is 0 Å². The van der Waals surface area contributed by atoms with Crippen LogP contribution in [0.4, 0.5) is 0 Å². The van der Waals surface area contributed by atoms with Crippen molar-refractivity contribution in [3.8, 4) is 0 Å². The van der Waals surface area contributed by atoms with E-state index < -0.39 is 0 Å². The molecule has 0 aliphatic carbocycles. The first-order valence-corrected chi connectivity index (χ1v) is 3.57. The van der Waals surface area contributed by atoms with Crippen molar-refractivity contribution in [3.63, 3.8) is 0 Å². The van der Waals surface area contributed by atoms with E-state index in [0.29, 0.717) is 0 Å². The second kappa shape index (κ2) is 5.06. The zero-order valence-corrected chi connectivity index (χ0v) is 6.85. The fourth-order valence-electron chi connectivity index (χ4n) is 0.354. The zero-order chi connectivity index (χ0) is 5.70. The van der Waals surface area contributed by atoms with Gasteiger partial charge in [0.25, 0.3) is 0 Å². The van der Waals surface area contributed by atoms with E-state index in [-0.39, 0.29) is 0 Å². The Kier molecular flexibility index (Phi) is 5.73. The Morgan fingerprint density at radius 2 is 1.86 bits per heavy atom. The molecule has 1 fully saturated rings. The number of hydrogen-bond donors (Lipinski definition) is 1. The predicted molar refractivity (Wildman–Crippen MR) is 28.5 cm³/mol. The SMILES string of the molecule is CO.[Na][CH]1COC1. The van der Waals surface area contributed by atoms with Gasteiger partial charge < -0.3 is 5.11 Å². The summed E-state index contributed by atoms with van der Waals surface area (Å²) in [6.45, 7) is 2.10. The molecule has 3 heteroatoms. The Bertz CT molecular complexity index is 36.7. The van der Waals surface area contributed by atoms with Crippen molar-refractivity contribution in [1.29, 1.82) is 0 Å². The molecule has 1 heterocycles. The topological polar surface area (TPSA) is 29.5 Å². The van der Waals surface area contributed by atoms with E-state index in [0.717, 1.165) is 23.5 Å². The van der Waals surface area contributed by atoms with E-state index in [9.17, 15) is 0 Å². The Labute approximate surface area is 61.3 Å². The van der Waals surface area contributed by atoms with Gasteiger partial charge in [0.2, 0.25) is 0 Å². The number of aliphatic hydroxyl groups is 1. The van der Waals surface area contributed by atoms with E-state index in [1.807, 2.05) is 0 Å². The first-order chi connectivity index (χ1) is 3.39. The van der Waals surface area contributed by atoms with Crippen LogP contribution >= 0.6 is 0 Å². The molecular weight excluding hydrogens is 103 g/mol. The van der Waals surface area contributed by atoms with Gasteiger partial charge in [0.15, 0.2) is 0 Å². The molecule has 2 nitrogen and oxygen atoms in total. The minimum atomic E-state index is 0.981. The van der Waals surface area contributed by atoms with Crippen molar-refractivity contribution in [2.24, 2.45) is 0 Å². The third kappa shape index (κ3) is 3.50. The van der Waals surface area contributed by atoms with Crippen LogP contribution in [-0.4, -0.2) is 53.4 Å². The molecule has 1 rings (SSSR count). The van der Waals surface area contributed by atoms with Crippen LogP contribution < -0.4 is 0 Å². The summed E-state index contributed by atoms with van der Waals surface area (Å²) in [5.41, 5.74) is 0. The first-order valence-electron chi connectivity index (χ1n) is 2.42. The number of aliphatic hydroxyl groups excluding tert-OH is 1. The van der Waals surface area contributed by atoms with Crippen molar-refractivity contribution in [2.75, 3.05) is 20.3 Å². The molecule has 1 saturated heterocycles. The normalized spacial score (nSPS) is 19.4. The quantitative estimate of drug-likeness (QED) is 0.431. The molecule has 38 valence electrons. The summed E-state index contributed by atoms with van der Waals surface area (Å²) in [5.74, 6) is 0. The van der Waals surface area contributed by atoms with Crippen LogP contribution in [0.2, 0.25) is 3.17 Å². The maximum absolute atomic E-state index is 7.00. The Balaban J connectivity index is 0.000000162. The monoisotopic (exact) mass is 112 g/mol. The molecule has 0 aromatic carbocycles. The summed E-state index contributed by atoms with van der Waals surface area (Å²) in [4.78, 5) is 0. The zero-order valence-electron chi connectivity index (χ0n) is 4.85. The van der Waals surface area contributed by atoms with Crippen LogP contribution in [0, 0.1) is 0 Å². The molecular formula is C4H9NaO2. The van der Waals surface area contributed by atoms with Crippen molar-refractivity contribution in [2.45, 2.75) is 3.17 Å². The molecule has 0 unspecified atom stereocenters. The molecule has 0 bridgehead atoms. The molecule has 0 aromatic heterocycles. The second-order valence-corrected chi connectivity index (χ2v) is 3.28. The van der Waals surface area contributed by atoms with Gasteiger partial charge in [0, 0.05) is 7.11 Å². The van der Waals surface area contributed by atoms with Gasteiger partial charge in [0.1, 0.15) is 0 Å². The van der Waals surface area contributed by atoms with Crippen LogP contribution in [0.25, 0.3) is 0 Å². The van der Waals surface area contributed by atoms with Crippen molar-refractivity contribution in [1.82, 2.24) is 0 Å². The summed E-state index contributed by atoms with van der Waals surface area (Å²) in [7, 11) is 1.00. The van der Waals surface area contributed by atoms with Crippen molar-refractivity contribution < 1.29 is 9.84 Å². The third-order valence-corrected chi connectivity index (χ3v) is 1.47. The van der Waals surface area contributed by atoms with Crippen molar-refractivity contribution in [3.05, 3.63) is 0 Å². The van der Waals surface area contributed by atoms with Gasteiger partial charge >= 0.3 is 49.0 Å². The van der Waals surface area contributed by atoms with Gasteiger partial charge in [-0.05, 0) is 0 Å². The molecule has 0 spiro atoms. The fraction of sp³-hybridized carbons (Fsp3) is 1.00. The summed E-state index contributed by atoms with van der Waals surface area (Å²) < 4.78 is 5.85. The van der Waals surface area contributed by atoms with Gasteiger partial charge in [-0.2, -0.15) is 0 Å². The van der Waals surface area contributed by atoms with Crippen molar-refractivity contribution >= 4 is 27.9 Å². The maximum atomic E-state index is 7.00. The van der Waals surface area contributed by atoms with Gasteiger partial charge in [-0.1, -0.05) is 0 Å². The van der Waals surface area contributed by atoms with Crippen LogP contribution in [-0.2, 0) is 4.74 Å². The van der Waals surface area contributed by atoms with E-state index >= 15 is 0 Å². The minimum absolute atomic E-state index is 0.981. The Hall–Kier alpha value is 0.920.